The fraction of sp³-hybridized carbons (Fsp3) is 0.185. The minimum Gasteiger partial charge on any atom is -0.354 e. The number of amides is 1. The van der Waals surface area contributed by atoms with E-state index in [0.717, 1.165) is 52.1 Å². The largest absolute Gasteiger partial charge is 0.354 e. The summed E-state index contributed by atoms with van der Waals surface area (Å²) in [6.07, 6.45) is 3.30. The minimum atomic E-state index is -0.289. The highest BCUT2D eigenvalue weighted by Gasteiger charge is 2.14. The SMILES string of the molecule is Cc1cc(-c2cc(-c3ccc(F)cc3)c3ccc(C(=O)NCCCC4=NNCN4)cc3n2)ccn1. The van der Waals surface area contributed by atoms with E-state index in [-0.39, 0.29) is 11.7 Å². The van der Waals surface area contributed by atoms with Gasteiger partial charge in [0.25, 0.3) is 5.91 Å². The Labute approximate surface area is 202 Å². The molecule has 1 amide bonds. The molecule has 7 nitrogen and oxygen atoms in total. The van der Waals surface area contributed by atoms with Crippen LogP contribution in [0.1, 0.15) is 28.9 Å². The van der Waals surface area contributed by atoms with Crippen molar-refractivity contribution in [2.75, 3.05) is 13.2 Å². The Bertz CT molecular complexity index is 1420. The van der Waals surface area contributed by atoms with Gasteiger partial charge in [0.2, 0.25) is 0 Å². The van der Waals surface area contributed by atoms with Crippen LogP contribution in [-0.4, -0.2) is 34.9 Å². The number of benzene rings is 2. The third kappa shape index (κ3) is 5.11. The van der Waals surface area contributed by atoms with Crippen LogP contribution in [0.5, 0.6) is 0 Å². The average Bonchev–Trinajstić information content (AvgIpc) is 3.39. The topological polar surface area (TPSA) is 91.3 Å². The number of hydrogen-bond donors (Lipinski definition) is 3. The van der Waals surface area contributed by atoms with Gasteiger partial charge in [-0.15, -0.1) is 0 Å². The predicted molar refractivity (Wildman–Crippen MR) is 135 cm³/mol. The highest BCUT2D eigenvalue weighted by Crippen LogP contribution is 2.33. The smallest absolute Gasteiger partial charge is 0.251 e. The van der Waals surface area contributed by atoms with E-state index in [1.54, 1.807) is 24.4 Å². The first kappa shape index (κ1) is 22.5. The lowest BCUT2D eigenvalue weighted by Crippen LogP contribution is -2.26. The Balaban J connectivity index is 1.47. The molecule has 4 aromatic rings. The molecule has 0 bridgehead atoms. The van der Waals surface area contributed by atoms with Crippen LogP contribution in [0.2, 0.25) is 0 Å². The Morgan fingerprint density at radius 2 is 1.91 bits per heavy atom. The normalized spacial score (nSPS) is 12.7. The lowest BCUT2D eigenvalue weighted by molar-refractivity contribution is 0.0953. The van der Waals surface area contributed by atoms with Crippen LogP contribution < -0.4 is 16.1 Å². The first-order chi connectivity index (χ1) is 17.1. The number of hydrogen-bond acceptors (Lipinski definition) is 6. The number of halogens is 1. The Kier molecular flexibility index (Phi) is 6.34. The van der Waals surface area contributed by atoms with Crippen molar-refractivity contribution < 1.29 is 9.18 Å². The summed E-state index contributed by atoms with van der Waals surface area (Å²) in [5, 5.41) is 11.1. The molecule has 0 aliphatic carbocycles. The highest BCUT2D eigenvalue weighted by molar-refractivity contribution is 6.02. The van der Waals surface area contributed by atoms with Crippen LogP contribution in [0.4, 0.5) is 4.39 Å². The zero-order valence-electron chi connectivity index (χ0n) is 19.3. The van der Waals surface area contributed by atoms with E-state index >= 15 is 0 Å². The van der Waals surface area contributed by atoms with Gasteiger partial charge < -0.3 is 10.6 Å². The zero-order valence-corrected chi connectivity index (χ0v) is 19.3. The first-order valence-electron chi connectivity index (χ1n) is 11.5. The van der Waals surface area contributed by atoms with E-state index in [1.807, 2.05) is 37.3 Å². The van der Waals surface area contributed by atoms with Crippen LogP contribution in [0.3, 0.4) is 0 Å². The van der Waals surface area contributed by atoms with Crippen LogP contribution in [0.15, 0.2) is 72.0 Å². The number of carbonyl (C=O) groups is 1. The van der Waals surface area contributed by atoms with Crippen molar-refractivity contribution in [2.45, 2.75) is 19.8 Å². The second-order valence-corrected chi connectivity index (χ2v) is 8.41. The average molecular weight is 469 g/mol. The maximum absolute atomic E-state index is 13.6. The van der Waals surface area contributed by atoms with Gasteiger partial charge in [-0.05, 0) is 66.9 Å². The number of rotatable bonds is 7. The zero-order chi connectivity index (χ0) is 24.2. The van der Waals surface area contributed by atoms with Crippen molar-refractivity contribution in [1.29, 1.82) is 0 Å². The monoisotopic (exact) mass is 468 g/mol. The number of nitrogens with zero attached hydrogens (tertiary/aromatic N) is 3. The molecule has 3 N–H and O–H groups in total. The molecule has 0 saturated heterocycles. The van der Waals surface area contributed by atoms with E-state index < -0.39 is 0 Å². The van der Waals surface area contributed by atoms with Crippen molar-refractivity contribution in [1.82, 2.24) is 26.0 Å². The molecule has 5 rings (SSSR count). The van der Waals surface area contributed by atoms with Gasteiger partial charge in [0.05, 0.1) is 11.2 Å². The predicted octanol–water partition coefficient (Wildman–Crippen LogP) is 4.39. The number of aryl methyl sites for hydroxylation is 1. The van der Waals surface area contributed by atoms with Crippen molar-refractivity contribution in [3.63, 3.8) is 0 Å². The molecule has 0 spiro atoms. The summed E-state index contributed by atoms with van der Waals surface area (Å²) in [6.45, 7) is 3.12. The molecular weight excluding hydrogens is 443 g/mol. The van der Waals surface area contributed by atoms with Crippen molar-refractivity contribution in [3.8, 4) is 22.4 Å². The van der Waals surface area contributed by atoms with Crippen molar-refractivity contribution in [3.05, 3.63) is 83.9 Å². The van der Waals surface area contributed by atoms with Crippen molar-refractivity contribution >= 4 is 22.6 Å². The van der Waals surface area contributed by atoms with Crippen molar-refractivity contribution in [2.24, 2.45) is 5.10 Å². The van der Waals surface area contributed by atoms with Gasteiger partial charge in [0, 0.05) is 41.4 Å². The van der Waals surface area contributed by atoms with E-state index in [4.69, 9.17) is 4.98 Å². The molecule has 176 valence electrons. The summed E-state index contributed by atoms with van der Waals surface area (Å²) in [7, 11) is 0. The van der Waals surface area contributed by atoms with Gasteiger partial charge in [0.1, 0.15) is 18.3 Å². The third-order valence-electron chi connectivity index (χ3n) is 5.88. The summed E-state index contributed by atoms with van der Waals surface area (Å²) in [5.41, 5.74) is 8.47. The molecule has 2 aromatic carbocycles. The van der Waals surface area contributed by atoms with E-state index in [0.29, 0.717) is 24.3 Å². The van der Waals surface area contributed by atoms with Crippen LogP contribution in [0, 0.1) is 12.7 Å². The summed E-state index contributed by atoms with van der Waals surface area (Å²) >= 11 is 0. The molecule has 0 atom stereocenters. The third-order valence-corrected chi connectivity index (χ3v) is 5.88. The molecule has 3 heterocycles. The van der Waals surface area contributed by atoms with E-state index in [1.165, 1.54) is 12.1 Å². The fourth-order valence-corrected chi connectivity index (χ4v) is 4.11. The van der Waals surface area contributed by atoms with Gasteiger partial charge in [-0.1, -0.05) is 18.2 Å². The molecule has 0 radical (unpaired) electrons. The second-order valence-electron chi connectivity index (χ2n) is 8.41. The van der Waals surface area contributed by atoms with Crippen LogP contribution in [-0.2, 0) is 0 Å². The first-order valence-corrected chi connectivity index (χ1v) is 11.5. The fourth-order valence-electron chi connectivity index (χ4n) is 4.11. The Hall–Kier alpha value is -4.33. The van der Waals surface area contributed by atoms with Gasteiger partial charge in [-0.25, -0.2) is 9.37 Å². The van der Waals surface area contributed by atoms with Crippen LogP contribution in [0.25, 0.3) is 33.3 Å². The maximum atomic E-state index is 13.6. The molecule has 0 fully saturated rings. The summed E-state index contributed by atoms with van der Waals surface area (Å²) in [6, 6.07) is 17.8. The lowest BCUT2D eigenvalue weighted by Gasteiger charge is -2.12. The molecule has 8 heteroatoms. The number of nitrogens with one attached hydrogen (secondary N) is 3. The lowest BCUT2D eigenvalue weighted by atomic mass is 9.97. The van der Waals surface area contributed by atoms with E-state index in [2.05, 4.69) is 26.1 Å². The van der Waals surface area contributed by atoms with Crippen LogP contribution >= 0.6 is 0 Å². The molecule has 1 aliphatic heterocycles. The summed E-state index contributed by atoms with van der Waals surface area (Å²) < 4.78 is 13.6. The molecule has 0 saturated carbocycles. The molecule has 0 unspecified atom stereocenters. The highest BCUT2D eigenvalue weighted by atomic mass is 19.1. The summed E-state index contributed by atoms with van der Waals surface area (Å²) in [4.78, 5) is 22.0. The summed E-state index contributed by atoms with van der Waals surface area (Å²) in [5.74, 6) is 0.464. The Morgan fingerprint density at radius 1 is 1.06 bits per heavy atom. The van der Waals surface area contributed by atoms with Gasteiger partial charge in [0.15, 0.2) is 0 Å². The second kappa shape index (κ2) is 9.89. The van der Waals surface area contributed by atoms with Gasteiger partial charge in [-0.3, -0.25) is 15.2 Å². The Morgan fingerprint density at radius 3 is 2.69 bits per heavy atom. The van der Waals surface area contributed by atoms with Gasteiger partial charge in [-0.2, -0.15) is 5.10 Å². The number of pyridine rings is 2. The number of aromatic nitrogens is 2. The quantitative estimate of drug-likeness (QED) is 0.350. The maximum Gasteiger partial charge on any atom is 0.251 e. The molecule has 2 aromatic heterocycles. The number of fused-ring (bicyclic) bond motifs is 1. The number of hydrazone groups is 1. The molecule has 1 aliphatic rings. The number of carbonyl (C=O) groups excluding carboxylic acids is 1. The molecular formula is C27H25FN6O. The van der Waals surface area contributed by atoms with Gasteiger partial charge >= 0.3 is 0 Å². The van der Waals surface area contributed by atoms with E-state index in [9.17, 15) is 9.18 Å². The standard InChI is InChI=1S/C27H25FN6O/c1-17-13-19(10-12-29-17)24-15-23(18-4-7-21(28)8-5-18)22-9-6-20(14-25(22)33-24)27(35)30-11-2-3-26-31-16-32-34-26/h4-10,12-15,32H,2-3,11,16H2,1H3,(H,30,35)(H,31,34). The minimum absolute atomic E-state index is 0.151. The molecule has 35 heavy (non-hydrogen) atoms. The number of amidine groups is 1.